The Morgan fingerprint density at radius 2 is 1.91 bits per heavy atom. The molecule has 0 saturated heterocycles. The summed E-state index contributed by atoms with van der Waals surface area (Å²) >= 11 is 3.16. The molecule has 0 aliphatic heterocycles. The minimum absolute atomic E-state index is 0.145. The third kappa shape index (κ3) is 6.33. The molecule has 1 heterocycles. The monoisotopic (exact) mass is 350 g/mol. The summed E-state index contributed by atoms with van der Waals surface area (Å²) in [5.41, 5.74) is 5.67. The van der Waals surface area contributed by atoms with Gasteiger partial charge in [-0.05, 0) is 30.0 Å². The van der Waals surface area contributed by atoms with Crippen molar-refractivity contribution in [2.45, 2.75) is 12.7 Å². The summed E-state index contributed by atoms with van der Waals surface area (Å²) in [5, 5.41) is 2.00. The maximum absolute atomic E-state index is 11.6. The fourth-order valence-corrected chi connectivity index (χ4v) is 3.38. The molecule has 0 radical (unpaired) electrons. The standard InChI is InChI=1S/C16H18N2O3S2/c1-12-5-2-3-7-14(12)21-9-15(19)17-18-16(20)11-22-10-13-6-4-8-23-13/h2-8H,9-11H2,1H3,(H,17,19)(H,18,20). The number of thioether (sulfide) groups is 1. The Labute approximate surface area is 143 Å². The van der Waals surface area contributed by atoms with Crippen LogP contribution in [-0.4, -0.2) is 24.2 Å². The van der Waals surface area contributed by atoms with Crippen LogP contribution in [0.25, 0.3) is 0 Å². The molecule has 2 rings (SSSR count). The van der Waals surface area contributed by atoms with Crippen LogP contribution >= 0.6 is 23.1 Å². The number of benzene rings is 1. The van der Waals surface area contributed by atoms with Gasteiger partial charge >= 0.3 is 0 Å². The first kappa shape index (κ1) is 17.4. The molecule has 0 spiro atoms. The highest BCUT2D eigenvalue weighted by Crippen LogP contribution is 2.17. The Kier molecular flexibility index (Phi) is 6.96. The van der Waals surface area contributed by atoms with Crippen molar-refractivity contribution >= 4 is 34.9 Å². The van der Waals surface area contributed by atoms with E-state index in [0.717, 1.165) is 11.3 Å². The molecule has 1 aromatic carbocycles. The number of hydrogen-bond acceptors (Lipinski definition) is 5. The van der Waals surface area contributed by atoms with Gasteiger partial charge in [-0.3, -0.25) is 20.4 Å². The van der Waals surface area contributed by atoms with Gasteiger partial charge in [-0.25, -0.2) is 0 Å². The average Bonchev–Trinajstić information content (AvgIpc) is 3.05. The highest BCUT2D eigenvalue weighted by Gasteiger charge is 2.07. The maximum Gasteiger partial charge on any atom is 0.276 e. The van der Waals surface area contributed by atoms with Crippen LogP contribution in [0.2, 0.25) is 0 Å². The maximum atomic E-state index is 11.6. The molecule has 1 aromatic heterocycles. The second-order valence-electron chi connectivity index (χ2n) is 4.72. The van der Waals surface area contributed by atoms with Crippen LogP contribution in [0.15, 0.2) is 41.8 Å². The van der Waals surface area contributed by atoms with Gasteiger partial charge in [0.15, 0.2) is 6.61 Å². The third-order valence-electron chi connectivity index (χ3n) is 2.85. The molecule has 2 aromatic rings. The number of carbonyl (C=O) groups excluding carboxylic acids is 2. The van der Waals surface area contributed by atoms with Crippen molar-refractivity contribution in [3.63, 3.8) is 0 Å². The highest BCUT2D eigenvalue weighted by atomic mass is 32.2. The van der Waals surface area contributed by atoms with E-state index in [9.17, 15) is 9.59 Å². The van der Waals surface area contributed by atoms with Crippen molar-refractivity contribution in [2.24, 2.45) is 0 Å². The predicted octanol–water partition coefficient (Wildman–Crippen LogP) is 2.52. The number of thiophene rings is 1. The van der Waals surface area contributed by atoms with Crippen molar-refractivity contribution in [2.75, 3.05) is 12.4 Å². The van der Waals surface area contributed by atoms with Gasteiger partial charge in [-0.1, -0.05) is 24.3 Å². The first-order chi connectivity index (χ1) is 11.1. The minimum atomic E-state index is -0.398. The molecule has 0 saturated carbocycles. The van der Waals surface area contributed by atoms with Crippen LogP contribution < -0.4 is 15.6 Å². The first-order valence-electron chi connectivity index (χ1n) is 7.01. The molecular formula is C16H18N2O3S2. The average molecular weight is 350 g/mol. The molecule has 23 heavy (non-hydrogen) atoms. The van der Waals surface area contributed by atoms with Gasteiger partial charge in [0.25, 0.3) is 5.91 Å². The molecule has 5 nitrogen and oxygen atoms in total. The quantitative estimate of drug-likeness (QED) is 0.753. The van der Waals surface area contributed by atoms with Crippen LogP contribution in [0.5, 0.6) is 5.75 Å². The Hall–Kier alpha value is -1.99. The second-order valence-corrected chi connectivity index (χ2v) is 6.74. The first-order valence-corrected chi connectivity index (χ1v) is 9.05. The smallest absolute Gasteiger partial charge is 0.276 e. The summed E-state index contributed by atoms with van der Waals surface area (Å²) in [4.78, 5) is 24.5. The Bertz CT molecular complexity index is 645. The van der Waals surface area contributed by atoms with Crippen molar-refractivity contribution in [3.05, 3.63) is 52.2 Å². The van der Waals surface area contributed by atoms with Gasteiger partial charge in [0.2, 0.25) is 5.91 Å². The minimum Gasteiger partial charge on any atom is -0.483 e. The summed E-state index contributed by atoms with van der Waals surface area (Å²) in [5.74, 6) is 1.09. The molecule has 0 bridgehead atoms. The van der Waals surface area contributed by atoms with Gasteiger partial charge < -0.3 is 4.74 Å². The SMILES string of the molecule is Cc1ccccc1OCC(=O)NNC(=O)CSCc1cccs1. The molecule has 2 N–H and O–H groups in total. The topological polar surface area (TPSA) is 67.4 Å². The van der Waals surface area contributed by atoms with Gasteiger partial charge in [0.1, 0.15) is 5.75 Å². The summed E-state index contributed by atoms with van der Waals surface area (Å²) in [6.45, 7) is 1.76. The zero-order valence-electron chi connectivity index (χ0n) is 12.7. The molecular weight excluding hydrogens is 332 g/mol. The molecule has 0 unspecified atom stereocenters. The number of hydrazine groups is 1. The lowest BCUT2D eigenvalue weighted by atomic mass is 10.2. The Balaban J connectivity index is 1.60. The van der Waals surface area contributed by atoms with Crippen LogP contribution in [0.1, 0.15) is 10.4 Å². The predicted molar refractivity (Wildman–Crippen MR) is 93.4 cm³/mol. The number of ether oxygens (including phenoxy) is 1. The highest BCUT2D eigenvalue weighted by molar-refractivity contribution is 7.99. The largest absolute Gasteiger partial charge is 0.483 e. The van der Waals surface area contributed by atoms with Crippen LogP contribution in [-0.2, 0) is 15.3 Å². The van der Waals surface area contributed by atoms with Crippen molar-refractivity contribution < 1.29 is 14.3 Å². The fraction of sp³-hybridized carbons (Fsp3) is 0.250. The summed E-state index contributed by atoms with van der Waals surface area (Å²) < 4.78 is 5.39. The molecule has 0 aliphatic rings. The van der Waals surface area contributed by atoms with Gasteiger partial charge in [-0.2, -0.15) is 0 Å². The van der Waals surface area contributed by atoms with E-state index in [4.69, 9.17) is 4.74 Å². The van der Waals surface area contributed by atoms with Crippen molar-refractivity contribution in [1.29, 1.82) is 0 Å². The number of para-hydroxylation sites is 1. The fourth-order valence-electron chi connectivity index (χ4n) is 1.71. The molecule has 0 fully saturated rings. The van der Waals surface area contributed by atoms with Crippen LogP contribution in [0, 0.1) is 6.92 Å². The molecule has 0 aliphatic carbocycles. The normalized spacial score (nSPS) is 10.1. The van der Waals surface area contributed by atoms with E-state index in [0.29, 0.717) is 5.75 Å². The number of nitrogens with one attached hydrogen (secondary N) is 2. The number of aryl methyl sites for hydroxylation is 1. The number of carbonyl (C=O) groups is 2. The van der Waals surface area contributed by atoms with Crippen molar-refractivity contribution in [3.8, 4) is 5.75 Å². The number of hydrogen-bond donors (Lipinski definition) is 2. The second kappa shape index (κ2) is 9.22. The molecule has 122 valence electrons. The lowest BCUT2D eigenvalue weighted by molar-refractivity contribution is -0.128. The van der Waals surface area contributed by atoms with Crippen LogP contribution in [0.3, 0.4) is 0 Å². The zero-order chi connectivity index (χ0) is 16.5. The summed E-state index contributed by atoms with van der Waals surface area (Å²) in [6, 6.07) is 11.4. The Morgan fingerprint density at radius 3 is 2.65 bits per heavy atom. The number of amides is 2. The van der Waals surface area contributed by atoms with Gasteiger partial charge in [0.05, 0.1) is 5.75 Å². The van der Waals surface area contributed by atoms with E-state index >= 15 is 0 Å². The molecule has 2 amide bonds. The van der Waals surface area contributed by atoms with Crippen LogP contribution in [0.4, 0.5) is 0 Å². The van der Waals surface area contributed by atoms with E-state index in [-0.39, 0.29) is 18.3 Å². The lowest BCUT2D eigenvalue weighted by Gasteiger charge is -2.10. The summed E-state index contributed by atoms with van der Waals surface area (Å²) in [6.07, 6.45) is 0. The van der Waals surface area contributed by atoms with E-state index in [1.807, 2.05) is 42.6 Å². The van der Waals surface area contributed by atoms with Crippen molar-refractivity contribution in [1.82, 2.24) is 10.9 Å². The van der Waals surface area contributed by atoms with E-state index in [1.165, 1.54) is 16.6 Å². The van der Waals surface area contributed by atoms with E-state index in [2.05, 4.69) is 10.9 Å². The third-order valence-corrected chi connectivity index (χ3v) is 4.89. The van der Waals surface area contributed by atoms with E-state index < -0.39 is 5.91 Å². The van der Waals surface area contributed by atoms with E-state index in [1.54, 1.807) is 17.4 Å². The zero-order valence-corrected chi connectivity index (χ0v) is 14.3. The Morgan fingerprint density at radius 1 is 1.13 bits per heavy atom. The number of rotatable bonds is 7. The summed E-state index contributed by atoms with van der Waals surface area (Å²) in [7, 11) is 0. The molecule has 7 heteroatoms. The lowest BCUT2D eigenvalue weighted by Crippen LogP contribution is -2.44. The molecule has 0 atom stereocenters. The van der Waals surface area contributed by atoms with Gasteiger partial charge in [0, 0.05) is 10.6 Å². The van der Waals surface area contributed by atoms with Gasteiger partial charge in [-0.15, -0.1) is 23.1 Å².